The third kappa shape index (κ3) is 4.88. The molecule has 0 atom stereocenters. The summed E-state index contributed by atoms with van der Waals surface area (Å²) in [4.78, 5) is 29.6. The van der Waals surface area contributed by atoms with Gasteiger partial charge in [-0.3, -0.25) is 9.59 Å². The van der Waals surface area contributed by atoms with Gasteiger partial charge in [-0.15, -0.1) is 0 Å². The number of furan rings is 1. The molecule has 2 heterocycles. The first-order valence-corrected chi connectivity index (χ1v) is 12.1. The Balaban J connectivity index is 1.18. The first-order chi connectivity index (χ1) is 17.0. The van der Waals surface area contributed by atoms with Gasteiger partial charge >= 0.3 is 0 Å². The van der Waals surface area contributed by atoms with E-state index in [1.165, 1.54) is 0 Å². The zero-order chi connectivity index (χ0) is 24.4. The fourth-order valence-corrected chi connectivity index (χ4v) is 4.72. The van der Waals surface area contributed by atoms with Crippen molar-refractivity contribution in [3.05, 3.63) is 88.6 Å². The number of anilines is 2. The van der Waals surface area contributed by atoms with Crippen LogP contribution in [0.2, 0.25) is 0 Å². The smallest absolute Gasteiger partial charge is 0.289 e. The van der Waals surface area contributed by atoms with Gasteiger partial charge in [0.25, 0.3) is 11.8 Å². The van der Waals surface area contributed by atoms with Gasteiger partial charge in [0.05, 0.1) is 11.6 Å². The second-order valence-corrected chi connectivity index (χ2v) is 9.13. The minimum absolute atomic E-state index is 0.0796. The van der Waals surface area contributed by atoms with E-state index in [0.717, 1.165) is 34.2 Å². The van der Waals surface area contributed by atoms with E-state index in [0.29, 0.717) is 35.9 Å². The van der Waals surface area contributed by atoms with Crippen molar-refractivity contribution in [1.82, 2.24) is 4.90 Å². The summed E-state index contributed by atoms with van der Waals surface area (Å²) in [5.74, 6) is 0.775. The Hall–Kier alpha value is -3.78. The summed E-state index contributed by atoms with van der Waals surface area (Å²) in [6.45, 7) is 2.66. The number of carbonyl (C=O) groups is 2. The van der Waals surface area contributed by atoms with Crippen molar-refractivity contribution in [1.29, 1.82) is 0 Å². The summed E-state index contributed by atoms with van der Waals surface area (Å²) < 4.78 is 11.7. The maximum Gasteiger partial charge on any atom is 0.289 e. The van der Waals surface area contributed by atoms with E-state index >= 15 is 0 Å². The molecule has 0 aliphatic carbocycles. The monoisotopic (exact) mass is 533 g/mol. The van der Waals surface area contributed by atoms with Crippen LogP contribution in [0.15, 0.2) is 81.7 Å². The number of amides is 2. The zero-order valence-electron chi connectivity index (χ0n) is 19.2. The Bertz CT molecular complexity index is 1340. The molecule has 1 aliphatic heterocycles. The van der Waals surface area contributed by atoms with Crippen molar-refractivity contribution in [2.75, 3.05) is 43.5 Å². The van der Waals surface area contributed by atoms with Crippen molar-refractivity contribution in [2.24, 2.45) is 0 Å². The molecule has 0 radical (unpaired) electrons. The molecule has 178 valence electrons. The molecule has 1 saturated heterocycles. The van der Waals surface area contributed by atoms with Crippen LogP contribution in [-0.2, 0) is 0 Å². The summed E-state index contributed by atoms with van der Waals surface area (Å²) in [6, 6.07) is 22.4. The molecule has 0 bridgehead atoms. The molecular formula is C27H24BrN3O4. The highest BCUT2D eigenvalue weighted by atomic mass is 79.9. The van der Waals surface area contributed by atoms with Gasteiger partial charge < -0.3 is 24.3 Å². The molecule has 2 amide bonds. The molecular weight excluding hydrogens is 510 g/mol. The molecule has 8 heteroatoms. The van der Waals surface area contributed by atoms with Crippen LogP contribution in [0.3, 0.4) is 0 Å². The number of ether oxygens (including phenoxy) is 1. The van der Waals surface area contributed by atoms with Gasteiger partial charge in [-0.1, -0.05) is 18.2 Å². The van der Waals surface area contributed by atoms with Crippen LogP contribution in [0, 0.1) is 0 Å². The zero-order valence-corrected chi connectivity index (χ0v) is 20.7. The Labute approximate surface area is 211 Å². The highest BCUT2D eigenvalue weighted by molar-refractivity contribution is 9.10. The number of benzene rings is 3. The van der Waals surface area contributed by atoms with E-state index in [1.54, 1.807) is 25.3 Å². The fourth-order valence-electron chi connectivity index (χ4n) is 4.18. The highest BCUT2D eigenvalue weighted by Crippen LogP contribution is 2.27. The van der Waals surface area contributed by atoms with Crippen LogP contribution in [0.4, 0.5) is 11.4 Å². The molecule has 0 saturated carbocycles. The number of fused-ring (bicyclic) bond motifs is 1. The third-order valence-corrected chi connectivity index (χ3v) is 6.73. The van der Waals surface area contributed by atoms with Crippen molar-refractivity contribution in [2.45, 2.75) is 0 Å². The Morgan fingerprint density at radius 2 is 1.69 bits per heavy atom. The van der Waals surface area contributed by atoms with Gasteiger partial charge in [0.1, 0.15) is 11.3 Å². The van der Waals surface area contributed by atoms with E-state index in [-0.39, 0.29) is 11.8 Å². The molecule has 1 N–H and O–H groups in total. The third-order valence-electron chi connectivity index (χ3n) is 6.11. The van der Waals surface area contributed by atoms with E-state index in [4.69, 9.17) is 9.15 Å². The fraction of sp³-hybridized carbons (Fsp3) is 0.185. The SMILES string of the molecule is COc1ccc(C(=O)Nc2ccc(N3CCN(C(=O)c4cc5ccccc5o4)CC3)cc2)cc1Br. The summed E-state index contributed by atoms with van der Waals surface area (Å²) in [7, 11) is 1.58. The van der Waals surface area contributed by atoms with E-state index in [1.807, 2.05) is 59.5 Å². The van der Waals surface area contributed by atoms with Gasteiger partial charge in [0, 0.05) is 48.5 Å². The second kappa shape index (κ2) is 9.84. The first kappa shape index (κ1) is 23.0. The van der Waals surface area contributed by atoms with Gasteiger partial charge in [-0.05, 0) is 70.5 Å². The van der Waals surface area contributed by atoms with Crippen molar-refractivity contribution in [3.8, 4) is 5.75 Å². The molecule has 1 aliphatic rings. The Morgan fingerprint density at radius 3 is 2.37 bits per heavy atom. The lowest BCUT2D eigenvalue weighted by atomic mass is 10.2. The summed E-state index contributed by atoms with van der Waals surface area (Å²) in [5.41, 5.74) is 3.02. The number of piperazine rings is 1. The van der Waals surface area contributed by atoms with Crippen LogP contribution in [-0.4, -0.2) is 50.0 Å². The number of nitrogens with one attached hydrogen (secondary N) is 1. The second-order valence-electron chi connectivity index (χ2n) is 8.28. The van der Waals surface area contributed by atoms with Crippen LogP contribution in [0.25, 0.3) is 11.0 Å². The molecule has 1 aromatic heterocycles. The molecule has 35 heavy (non-hydrogen) atoms. The van der Waals surface area contributed by atoms with E-state index in [9.17, 15) is 9.59 Å². The first-order valence-electron chi connectivity index (χ1n) is 11.3. The summed E-state index contributed by atoms with van der Waals surface area (Å²) >= 11 is 3.41. The minimum atomic E-state index is -0.196. The van der Waals surface area contributed by atoms with Gasteiger partial charge in [-0.2, -0.15) is 0 Å². The number of carbonyl (C=O) groups excluding carboxylic acids is 2. The molecule has 4 aromatic rings. The lowest BCUT2D eigenvalue weighted by Crippen LogP contribution is -2.48. The number of nitrogens with zero attached hydrogens (tertiary/aromatic N) is 2. The van der Waals surface area contributed by atoms with E-state index < -0.39 is 0 Å². The number of rotatable bonds is 5. The molecule has 1 fully saturated rings. The molecule has 0 unspecified atom stereocenters. The predicted molar refractivity (Wildman–Crippen MR) is 139 cm³/mol. The molecule has 7 nitrogen and oxygen atoms in total. The molecule has 5 rings (SSSR count). The van der Waals surface area contributed by atoms with Gasteiger partial charge in [0.2, 0.25) is 0 Å². The largest absolute Gasteiger partial charge is 0.496 e. The maximum atomic E-state index is 12.9. The predicted octanol–water partition coefficient (Wildman–Crippen LogP) is 5.42. The normalized spacial score (nSPS) is 13.7. The number of hydrogen-bond donors (Lipinski definition) is 1. The van der Waals surface area contributed by atoms with Crippen LogP contribution < -0.4 is 15.0 Å². The van der Waals surface area contributed by atoms with Crippen molar-refractivity contribution >= 4 is 50.1 Å². The molecule has 0 spiro atoms. The minimum Gasteiger partial charge on any atom is -0.496 e. The van der Waals surface area contributed by atoms with Crippen LogP contribution in [0.5, 0.6) is 5.75 Å². The number of methoxy groups -OCH3 is 1. The van der Waals surface area contributed by atoms with Crippen molar-refractivity contribution < 1.29 is 18.7 Å². The van der Waals surface area contributed by atoms with Crippen molar-refractivity contribution in [3.63, 3.8) is 0 Å². The van der Waals surface area contributed by atoms with E-state index in [2.05, 4.69) is 26.1 Å². The number of halogens is 1. The van der Waals surface area contributed by atoms with Gasteiger partial charge in [-0.25, -0.2) is 0 Å². The Morgan fingerprint density at radius 1 is 0.943 bits per heavy atom. The van der Waals surface area contributed by atoms with Crippen LogP contribution >= 0.6 is 15.9 Å². The number of hydrogen-bond acceptors (Lipinski definition) is 5. The maximum absolute atomic E-state index is 12.9. The average Bonchev–Trinajstić information content (AvgIpc) is 3.33. The van der Waals surface area contributed by atoms with Gasteiger partial charge in [0.15, 0.2) is 5.76 Å². The van der Waals surface area contributed by atoms with Crippen LogP contribution in [0.1, 0.15) is 20.9 Å². The quantitative estimate of drug-likeness (QED) is 0.370. The number of para-hydroxylation sites is 1. The highest BCUT2D eigenvalue weighted by Gasteiger charge is 2.24. The molecule has 3 aromatic carbocycles. The summed E-state index contributed by atoms with van der Waals surface area (Å²) in [6.07, 6.45) is 0. The lowest BCUT2D eigenvalue weighted by molar-refractivity contribution is 0.0717. The Kier molecular flexibility index (Phi) is 6.46. The lowest BCUT2D eigenvalue weighted by Gasteiger charge is -2.35. The average molecular weight is 534 g/mol. The summed E-state index contributed by atoms with van der Waals surface area (Å²) in [5, 5.41) is 3.85. The standard InChI is InChI=1S/C27H24BrN3O4/c1-34-24-11-6-19(16-22(24)28)26(32)29-20-7-9-21(10-8-20)30-12-14-31(15-13-30)27(33)25-17-18-4-2-3-5-23(18)35-25/h2-11,16-17H,12-15H2,1H3,(H,29,32). The topological polar surface area (TPSA) is 75.0 Å².